The highest BCUT2D eigenvalue weighted by molar-refractivity contribution is 5.89. The lowest BCUT2D eigenvalue weighted by Gasteiger charge is -2.04. The third kappa shape index (κ3) is 2.37. The van der Waals surface area contributed by atoms with Crippen molar-refractivity contribution in [2.75, 3.05) is 0 Å². The van der Waals surface area contributed by atoms with Crippen LogP contribution in [0.3, 0.4) is 0 Å². The average molecular weight is 352 g/mol. The molecule has 6 nitrogen and oxygen atoms in total. The second kappa shape index (κ2) is 5.42. The van der Waals surface area contributed by atoms with Gasteiger partial charge in [0.05, 0.1) is 11.9 Å². The Bertz CT molecular complexity index is 1110. The van der Waals surface area contributed by atoms with Crippen LogP contribution >= 0.6 is 0 Å². The maximum Gasteiger partial charge on any atom is 0.202 e. The highest BCUT2D eigenvalue weighted by Gasteiger charge is 2.48. The quantitative estimate of drug-likeness (QED) is 0.611. The zero-order valence-corrected chi connectivity index (χ0v) is 13.7. The van der Waals surface area contributed by atoms with E-state index in [-0.39, 0.29) is 18.2 Å². The van der Waals surface area contributed by atoms with Crippen LogP contribution in [0.4, 0.5) is 8.78 Å². The van der Waals surface area contributed by atoms with Crippen LogP contribution in [0, 0.1) is 5.82 Å². The Hall–Kier alpha value is -3.16. The maximum absolute atomic E-state index is 14.2. The molecule has 1 fully saturated rings. The first-order chi connectivity index (χ1) is 12.6. The van der Waals surface area contributed by atoms with Crippen molar-refractivity contribution in [3.05, 3.63) is 59.8 Å². The highest BCUT2D eigenvalue weighted by atomic mass is 19.1. The van der Waals surface area contributed by atoms with Crippen molar-refractivity contribution in [1.82, 2.24) is 29.9 Å². The highest BCUT2D eigenvalue weighted by Crippen LogP contribution is 2.48. The summed E-state index contributed by atoms with van der Waals surface area (Å²) in [5.74, 6) is 0.240. The summed E-state index contributed by atoms with van der Waals surface area (Å²) in [6.07, 6.45) is 2.55. The molecule has 1 saturated carbocycles. The van der Waals surface area contributed by atoms with Gasteiger partial charge in [-0.3, -0.25) is 5.10 Å². The average Bonchev–Trinajstić information content (AvgIpc) is 3.09. The van der Waals surface area contributed by atoms with Gasteiger partial charge in [0.1, 0.15) is 11.5 Å². The van der Waals surface area contributed by atoms with Crippen LogP contribution in [0.1, 0.15) is 24.2 Å². The zero-order valence-electron chi connectivity index (χ0n) is 13.7. The van der Waals surface area contributed by atoms with Gasteiger partial charge in [-0.1, -0.05) is 18.2 Å². The second-order valence-electron chi connectivity index (χ2n) is 6.45. The van der Waals surface area contributed by atoms with Crippen LogP contribution in [0.2, 0.25) is 0 Å². The monoisotopic (exact) mass is 352 g/mol. The van der Waals surface area contributed by atoms with E-state index in [1.54, 1.807) is 35.1 Å². The third-order valence-electron chi connectivity index (χ3n) is 4.60. The van der Waals surface area contributed by atoms with Crippen LogP contribution in [0.25, 0.3) is 22.6 Å². The molecular formula is C18H14F2N6. The van der Waals surface area contributed by atoms with E-state index in [9.17, 15) is 8.78 Å². The largest absolute Gasteiger partial charge is 0.260 e. The van der Waals surface area contributed by atoms with Crippen molar-refractivity contribution < 1.29 is 8.78 Å². The predicted octanol–water partition coefficient (Wildman–Crippen LogP) is 3.36. The third-order valence-corrected chi connectivity index (χ3v) is 4.60. The van der Waals surface area contributed by atoms with Gasteiger partial charge in [-0.05, 0) is 31.0 Å². The van der Waals surface area contributed by atoms with E-state index < -0.39 is 5.67 Å². The molecule has 1 aromatic carbocycles. The van der Waals surface area contributed by atoms with Gasteiger partial charge < -0.3 is 0 Å². The Balaban J connectivity index is 1.61. The lowest BCUT2D eigenvalue weighted by Crippen LogP contribution is -2.04. The van der Waals surface area contributed by atoms with E-state index in [0.717, 1.165) is 5.39 Å². The summed E-state index contributed by atoms with van der Waals surface area (Å²) < 4.78 is 29.8. The molecule has 4 aromatic rings. The van der Waals surface area contributed by atoms with Gasteiger partial charge in [0.25, 0.3) is 0 Å². The summed E-state index contributed by atoms with van der Waals surface area (Å²) in [4.78, 5) is 8.64. The molecule has 0 aliphatic heterocycles. The molecule has 0 spiro atoms. The van der Waals surface area contributed by atoms with Gasteiger partial charge in [-0.2, -0.15) is 10.2 Å². The number of hydrogen-bond acceptors (Lipinski definition) is 4. The van der Waals surface area contributed by atoms with E-state index in [0.29, 0.717) is 35.6 Å². The number of H-pyrrole nitrogens is 1. The van der Waals surface area contributed by atoms with Crippen LogP contribution in [0.5, 0.6) is 0 Å². The number of nitrogens with one attached hydrogen (secondary N) is 1. The molecule has 0 unspecified atom stereocenters. The molecule has 3 aromatic heterocycles. The molecule has 0 saturated heterocycles. The van der Waals surface area contributed by atoms with Crippen molar-refractivity contribution in [1.29, 1.82) is 0 Å². The molecule has 0 bridgehead atoms. The first kappa shape index (κ1) is 15.1. The molecule has 0 atom stereocenters. The van der Waals surface area contributed by atoms with Crippen molar-refractivity contribution in [3.63, 3.8) is 0 Å². The standard InChI is InChI=1S/C18H14F2N6/c19-13-6-2-1-4-11(13)10-26-16-12(5-3-9-21-16)14(25-26)15-22-17(24-23-15)18(20)7-8-18/h1-6,9H,7-8,10H2,(H,22,23,24). The molecule has 1 aliphatic rings. The Labute approximate surface area is 146 Å². The minimum atomic E-state index is -1.39. The first-order valence-corrected chi connectivity index (χ1v) is 8.31. The SMILES string of the molecule is Fc1ccccc1Cn1nc(-c2n[nH]c(C3(F)CC3)n2)c2cccnc21. The maximum atomic E-state index is 14.2. The number of aromatic amines is 1. The van der Waals surface area contributed by atoms with Crippen LogP contribution in [-0.2, 0) is 12.2 Å². The summed E-state index contributed by atoms with van der Waals surface area (Å²) in [5.41, 5.74) is 0.204. The van der Waals surface area contributed by atoms with Crippen LogP contribution < -0.4 is 0 Å². The van der Waals surface area contributed by atoms with Crippen molar-refractivity contribution >= 4 is 11.0 Å². The van der Waals surface area contributed by atoms with E-state index in [4.69, 9.17) is 0 Å². The minimum absolute atomic E-state index is 0.227. The number of rotatable bonds is 4. The lowest BCUT2D eigenvalue weighted by molar-refractivity contribution is 0.301. The Morgan fingerprint density at radius 3 is 2.81 bits per heavy atom. The minimum Gasteiger partial charge on any atom is -0.260 e. The van der Waals surface area contributed by atoms with Crippen molar-refractivity contribution in [2.45, 2.75) is 25.1 Å². The van der Waals surface area contributed by atoms with E-state index >= 15 is 0 Å². The van der Waals surface area contributed by atoms with Gasteiger partial charge in [0, 0.05) is 11.8 Å². The molecule has 1 aliphatic carbocycles. The number of pyridine rings is 1. The van der Waals surface area contributed by atoms with Gasteiger partial charge in [0.15, 0.2) is 17.1 Å². The molecular weight excluding hydrogens is 338 g/mol. The number of hydrogen-bond donors (Lipinski definition) is 1. The smallest absolute Gasteiger partial charge is 0.202 e. The Kier molecular flexibility index (Phi) is 3.15. The summed E-state index contributed by atoms with van der Waals surface area (Å²) in [7, 11) is 0. The number of fused-ring (bicyclic) bond motifs is 1. The van der Waals surface area contributed by atoms with Crippen molar-refractivity contribution in [3.8, 4) is 11.5 Å². The topological polar surface area (TPSA) is 72.3 Å². The zero-order chi connectivity index (χ0) is 17.7. The fourth-order valence-electron chi connectivity index (χ4n) is 2.99. The normalized spacial score (nSPS) is 15.5. The number of aromatic nitrogens is 6. The van der Waals surface area contributed by atoms with Gasteiger partial charge in [-0.15, -0.1) is 0 Å². The molecule has 0 amide bonds. The van der Waals surface area contributed by atoms with E-state index in [2.05, 4.69) is 25.3 Å². The molecule has 26 heavy (non-hydrogen) atoms. The molecule has 0 radical (unpaired) electrons. The predicted molar refractivity (Wildman–Crippen MR) is 90.4 cm³/mol. The number of halogens is 2. The van der Waals surface area contributed by atoms with Gasteiger partial charge >= 0.3 is 0 Å². The van der Waals surface area contributed by atoms with E-state index in [1.807, 2.05) is 6.07 Å². The molecule has 130 valence electrons. The number of nitrogens with zero attached hydrogens (tertiary/aromatic N) is 5. The Morgan fingerprint density at radius 1 is 1.15 bits per heavy atom. The summed E-state index contributed by atoms with van der Waals surface area (Å²) in [6.45, 7) is 0.227. The molecule has 8 heteroatoms. The molecule has 5 rings (SSSR count). The van der Waals surface area contributed by atoms with Crippen LogP contribution in [0.15, 0.2) is 42.6 Å². The van der Waals surface area contributed by atoms with Gasteiger partial charge in [0.2, 0.25) is 5.82 Å². The number of benzene rings is 1. The fourth-order valence-corrected chi connectivity index (χ4v) is 2.99. The van der Waals surface area contributed by atoms with Crippen LogP contribution in [-0.4, -0.2) is 29.9 Å². The first-order valence-electron chi connectivity index (χ1n) is 8.31. The summed E-state index contributed by atoms with van der Waals surface area (Å²) in [6, 6.07) is 10.2. The number of alkyl halides is 1. The van der Waals surface area contributed by atoms with Crippen molar-refractivity contribution in [2.24, 2.45) is 0 Å². The summed E-state index contributed by atoms with van der Waals surface area (Å²) in [5, 5.41) is 12.1. The Morgan fingerprint density at radius 2 is 2.00 bits per heavy atom. The molecule has 3 heterocycles. The summed E-state index contributed by atoms with van der Waals surface area (Å²) >= 11 is 0. The fraction of sp³-hybridized carbons (Fsp3) is 0.222. The lowest BCUT2D eigenvalue weighted by atomic mass is 10.2. The molecule has 1 N–H and O–H groups in total. The second-order valence-corrected chi connectivity index (χ2v) is 6.45. The van der Waals surface area contributed by atoms with Gasteiger partial charge in [-0.25, -0.2) is 23.4 Å². The van der Waals surface area contributed by atoms with E-state index in [1.165, 1.54) is 6.07 Å².